The van der Waals surface area contributed by atoms with Crippen molar-refractivity contribution < 1.29 is 9.59 Å². The first kappa shape index (κ1) is 8.34. The monoisotopic (exact) mass is 181 g/mol. The molecule has 1 aliphatic heterocycles. The molecule has 0 bridgehead atoms. The summed E-state index contributed by atoms with van der Waals surface area (Å²) < 4.78 is 0. The van der Waals surface area contributed by atoms with Crippen molar-refractivity contribution in [3.8, 4) is 0 Å². The summed E-state index contributed by atoms with van der Waals surface area (Å²) in [5, 5.41) is 6.47. The minimum Gasteiger partial charge on any atom is -0.244 e. The fourth-order valence-electron chi connectivity index (χ4n) is 1.92. The van der Waals surface area contributed by atoms with E-state index in [0.717, 1.165) is 25.7 Å². The van der Waals surface area contributed by atoms with Gasteiger partial charge in [0.15, 0.2) is 0 Å². The maximum Gasteiger partial charge on any atom is 0.370 e. The summed E-state index contributed by atoms with van der Waals surface area (Å²) in [5.74, 6) is 0. The number of nitrogens with zero attached hydrogens (tertiary/aromatic N) is 3. The Kier molecular flexibility index (Phi) is 2.08. The number of imide groups is 1. The molecule has 13 heavy (non-hydrogen) atoms. The van der Waals surface area contributed by atoms with Crippen molar-refractivity contribution in [2.75, 3.05) is 0 Å². The molecule has 0 aromatic carbocycles. The molecule has 0 saturated heterocycles. The van der Waals surface area contributed by atoms with Crippen molar-refractivity contribution in [2.45, 2.75) is 38.1 Å². The number of carbonyl (C=O) groups excluding carboxylic acids is 2. The Morgan fingerprint density at radius 2 is 1.54 bits per heavy atom. The summed E-state index contributed by atoms with van der Waals surface area (Å²) in [6.45, 7) is 0. The second-order valence-corrected chi connectivity index (χ2v) is 3.43. The normalized spacial score (nSPS) is 24.5. The molecule has 0 spiro atoms. The minimum absolute atomic E-state index is 0.0451. The molecule has 4 amide bonds. The van der Waals surface area contributed by atoms with E-state index in [2.05, 4.69) is 10.2 Å². The molecule has 0 N–H and O–H groups in total. The third-order valence-electron chi connectivity index (χ3n) is 2.57. The van der Waals surface area contributed by atoms with Gasteiger partial charge in [-0.05, 0) is 12.8 Å². The van der Waals surface area contributed by atoms with Crippen LogP contribution in [0.1, 0.15) is 32.1 Å². The predicted molar refractivity (Wildman–Crippen MR) is 44.4 cm³/mol. The SMILES string of the molecule is O=C1N=NC(=O)N1C1CCCCC1. The van der Waals surface area contributed by atoms with Crippen molar-refractivity contribution in [3.05, 3.63) is 0 Å². The fourth-order valence-corrected chi connectivity index (χ4v) is 1.92. The highest BCUT2D eigenvalue weighted by atomic mass is 16.2. The first-order valence-corrected chi connectivity index (χ1v) is 4.58. The molecule has 0 aromatic rings. The summed E-state index contributed by atoms with van der Waals surface area (Å²) in [7, 11) is 0. The first-order chi connectivity index (χ1) is 6.29. The predicted octanol–water partition coefficient (Wildman–Crippen LogP) is 2.33. The molecule has 5 nitrogen and oxygen atoms in total. The van der Waals surface area contributed by atoms with Crippen LogP contribution < -0.4 is 0 Å². The summed E-state index contributed by atoms with van der Waals surface area (Å²) in [4.78, 5) is 23.5. The lowest BCUT2D eigenvalue weighted by Crippen LogP contribution is -2.39. The van der Waals surface area contributed by atoms with Gasteiger partial charge in [0.25, 0.3) is 0 Å². The molecule has 1 aliphatic carbocycles. The molecule has 0 atom stereocenters. The number of carbonyl (C=O) groups is 2. The van der Waals surface area contributed by atoms with Gasteiger partial charge in [0.1, 0.15) is 0 Å². The number of hydrogen-bond donors (Lipinski definition) is 0. The third kappa shape index (κ3) is 1.46. The highest BCUT2D eigenvalue weighted by Crippen LogP contribution is 2.25. The fraction of sp³-hybridized carbons (Fsp3) is 0.750. The molecule has 0 unspecified atom stereocenters. The van der Waals surface area contributed by atoms with Crippen LogP contribution in [0.2, 0.25) is 0 Å². The Bertz CT molecular complexity index is 251. The maximum atomic E-state index is 11.1. The van der Waals surface area contributed by atoms with Gasteiger partial charge in [-0.3, -0.25) is 0 Å². The van der Waals surface area contributed by atoms with Crippen LogP contribution in [-0.4, -0.2) is 23.0 Å². The van der Waals surface area contributed by atoms with Crippen molar-refractivity contribution in [2.24, 2.45) is 10.2 Å². The van der Waals surface area contributed by atoms with Crippen LogP contribution in [0.4, 0.5) is 9.59 Å². The van der Waals surface area contributed by atoms with Gasteiger partial charge >= 0.3 is 12.1 Å². The van der Waals surface area contributed by atoms with Crippen LogP contribution in [0.5, 0.6) is 0 Å². The summed E-state index contributed by atoms with van der Waals surface area (Å²) in [6, 6.07) is -0.933. The average Bonchev–Trinajstić information content (AvgIpc) is 2.48. The second-order valence-electron chi connectivity index (χ2n) is 3.43. The van der Waals surface area contributed by atoms with Crippen LogP contribution in [0.15, 0.2) is 10.2 Å². The summed E-state index contributed by atoms with van der Waals surface area (Å²) >= 11 is 0. The Morgan fingerprint density at radius 1 is 1.00 bits per heavy atom. The largest absolute Gasteiger partial charge is 0.370 e. The van der Waals surface area contributed by atoms with Crippen molar-refractivity contribution in [1.82, 2.24) is 4.90 Å². The molecule has 0 aromatic heterocycles. The molecule has 70 valence electrons. The van der Waals surface area contributed by atoms with Gasteiger partial charge in [0, 0.05) is 6.04 Å². The van der Waals surface area contributed by atoms with Crippen LogP contribution in [-0.2, 0) is 0 Å². The van der Waals surface area contributed by atoms with Gasteiger partial charge in [-0.25, -0.2) is 14.5 Å². The maximum absolute atomic E-state index is 11.1. The van der Waals surface area contributed by atoms with E-state index in [1.165, 1.54) is 11.3 Å². The molecule has 1 saturated carbocycles. The van der Waals surface area contributed by atoms with E-state index in [1.807, 2.05) is 0 Å². The number of hydrogen-bond acceptors (Lipinski definition) is 2. The summed E-state index contributed by atoms with van der Waals surface area (Å²) in [6.07, 6.45) is 5.18. The molecular weight excluding hydrogens is 170 g/mol. The highest BCUT2D eigenvalue weighted by molar-refractivity contribution is 5.98. The van der Waals surface area contributed by atoms with E-state index < -0.39 is 12.1 Å². The lowest BCUT2D eigenvalue weighted by atomic mass is 9.94. The van der Waals surface area contributed by atoms with Gasteiger partial charge < -0.3 is 0 Å². The molecular formula is C8H11N3O2. The second kappa shape index (κ2) is 3.24. The quantitative estimate of drug-likeness (QED) is 0.623. The van der Waals surface area contributed by atoms with Gasteiger partial charge in [0.05, 0.1) is 0 Å². The van der Waals surface area contributed by atoms with Crippen molar-refractivity contribution in [3.63, 3.8) is 0 Å². The standard InChI is InChI=1S/C8H11N3O2/c12-7-9-10-8(13)11(7)6-4-2-1-3-5-6/h6H,1-5H2. The molecule has 2 aliphatic rings. The van der Waals surface area contributed by atoms with E-state index in [-0.39, 0.29) is 6.04 Å². The van der Waals surface area contributed by atoms with Gasteiger partial charge in [-0.15, -0.1) is 0 Å². The Balaban J connectivity index is 2.07. The van der Waals surface area contributed by atoms with Gasteiger partial charge in [-0.2, -0.15) is 0 Å². The first-order valence-electron chi connectivity index (χ1n) is 4.58. The van der Waals surface area contributed by atoms with E-state index >= 15 is 0 Å². The summed E-state index contributed by atoms with van der Waals surface area (Å²) in [5.41, 5.74) is 0. The van der Waals surface area contributed by atoms with Crippen molar-refractivity contribution >= 4 is 12.1 Å². The van der Waals surface area contributed by atoms with Gasteiger partial charge in [0.2, 0.25) is 0 Å². The van der Waals surface area contributed by atoms with Crippen molar-refractivity contribution in [1.29, 1.82) is 0 Å². The average molecular weight is 181 g/mol. The molecule has 1 fully saturated rings. The highest BCUT2D eigenvalue weighted by Gasteiger charge is 2.34. The molecule has 5 heteroatoms. The number of rotatable bonds is 1. The van der Waals surface area contributed by atoms with Crippen LogP contribution in [0, 0.1) is 0 Å². The zero-order valence-corrected chi connectivity index (χ0v) is 7.27. The van der Waals surface area contributed by atoms with E-state index in [9.17, 15) is 9.59 Å². The Hall–Kier alpha value is -1.26. The topological polar surface area (TPSA) is 62.1 Å². The third-order valence-corrected chi connectivity index (χ3v) is 2.57. The number of amides is 4. The zero-order valence-electron chi connectivity index (χ0n) is 7.27. The number of azo groups is 1. The lowest BCUT2D eigenvalue weighted by Gasteiger charge is -2.27. The van der Waals surface area contributed by atoms with E-state index in [4.69, 9.17) is 0 Å². The minimum atomic E-state index is -0.489. The lowest BCUT2D eigenvalue weighted by molar-refractivity contribution is 0.175. The Morgan fingerprint density at radius 3 is 2.08 bits per heavy atom. The molecule has 2 rings (SSSR count). The van der Waals surface area contributed by atoms with Gasteiger partial charge in [-0.1, -0.05) is 29.5 Å². The van der Waals surface area contributed by atoms with Crippen LogP contribution in [0.3, 0.4) is 0 Å². The Labute approximate surface area is 75.8 Å². The van der Waals surface area contributed by atoms with Crippen LogP contribution >= 0.6 is 0 Å². The molecule has 0 radical (unpaired) electrons. The van der Waals surface area contributed by atoms with Crippen LogP contribution in [0.25, 0.3) is 0 Å². The van der Waals surface area contributed by atoms with E-state index in [0.29, 0.717) is 0 Å². The zero-order chi connectivity index (χ0) is 9.26. The molecule has 1 heterocycles. The smallest absolute Gasteiger partial charge is 0.244 e. The van der Waals surface area contributed by atoms with E-state index in [1.54, 1.807) is 0 Å². The number of urea groups is 2.